The Bertz CT molecular complexity index is 168. The third-order valence-corrected chi connectivity index (χ3v) is 2.99. The monoisotopic (exact) mass is 217 g/mol. The summed E-state index contributed by atoms with van der Waals surface area (Å²) in [6.45, 7) is 17.1. The predicted molar refractivity (Wildman–Crippen MR) is 65.1 cm³/mol. The van der Waals surface area contributed by atoms with Gasteiger partial charge < -0.3 is 5.11 Å². The lowest BCUT2D eigenvalue weighted by atomic mass is 9.89. The number of rotatable bonds is 4. The van der Waals surface area contributed by atoms with E-state index in [0.717, 1.165) is 25.9 Å². The molecule has 0 atom stereocenters. The Hall–Kier alpha value is -0.570. The fourth-order valence-corrected chi connectivity index (χ4v) is 1.40. The second kappa shape index (κ2) is 7.69. The van der Waals surface area contributed by atoms with Crippen molar-refractivity contribution in [2.45, 2.75) is 54.0 Å². The van der Waals surface area contributed by atoms with E-state index in [1.54, 1.807) is 0 Å². The maximum absolute atomic E-state index is 9.00. The maximum Gasteiger partial charge on any atom is 0.300 e. The second-order valence-electron chi connectivity index (χ2n) is 4.50. The highest BCUT2D eigenvalue weighted by molar-refractivity contribution is 5.62. The van der Waals surface area contributed by atoms with Gasteiger partial charge in [-0.05, 0) is 32.9 Å². The molecule has 0 radical (unpaired) electrons. The summed E-state index contributed by atoms with van der Waals surface area (Å²) in [5.41, 5.74) is 0.351. The molecule has 15 heavy (non-hydrogen) atoms. The SMILES string of the molecule is CC(=O)O.CCN(CC)C(C)(C)C(C)C. The molecular formula is C12H27NO2. The largest absolute Gasteiger partial charge is 0.481 e. The van der Waals surface area contributed by atoms with E-state index in [2.05, 4.69) is 46.4 Å². The number of carboxylic acids is 1. The highest BCUT2D eigenvalue weighted by atomic mass is 16.4. The second-order valence-corrected chi connectivity index (χ2v) is 4.50. The number of carboxylic acid groups (broad SMARTS) is 1. The lowest BCUT2D eigenvalue weighted by Crippen LogP contribution is -2.47. The van der Waals surface area contributed by atoms with Gasteiger partial charge in [0, 0.05) is 12.5 Å². The minimum Gasteiger partial charge on any atom is -0.481 e. The normalized spacial score (nSPS) is 11.3. The zero-order valence-corrected chi connectivity index (χ0v) is 11.3. The molecule has 92 valence electrons. The van der Waals surface area contributed by atoms with Crippen LogP contribution in [0.1, 0.15) is 48.5 Å². The van der Waals surface area contributed by atoms with Crippen LogP contribution in [0.4, 0.5) is 0 Å². The molecule has 0 spiro atoms. The van der Waals surface area contributed by atoms with E-state index in [1.807, 2.05) is 0 Å². The number of hydrogen-bond acceptors (Lipinski definition) is 2. The summed E-state index contributed by atoms with van der Waals surface area (Å²) in [6, 6.07) is 0. The van der Waals surface area contributed by atoms with Crippen molar-refractivity contribution in [1.29, 1.82) is 0 Å². The van der Waals surface area contributed by atoms with Crippen molar-refractivity contribution >= 4 is 5.97 Å². The fourth-order valence-electron chi connectivity index (χ4n) is 1.40. The number of nitrogens with zero attached hydrogens (tertiary/aromatic N) is 1. The van der Waals surface area contributed by atoms with Crippen LogP contribution in [0.25, 0.3) is 0 Å². The molecule has 0 aliphatic heterocycles. The summed E-state index contributed by atoms with van der Waals surface area (Å²) in [6.07, 6.45) is 0. The van der Waals surface area contributed by atoms with E-state index in [1.165, 1.54) is 0 Å². The fraction of sp³-hybridized carbons (Fsp3) is 0.917. The topological polar surface area (TPSA) is 40.5 Å². The Morgan fingerprint density at radius 3 is 1.60 bits per heavy atom. The molecule has 0 saturated carbocycles. The molecule has 0 unspecified atom stereocenters. The van der Waals surface area contributed by atoms with Gasteiger partial charge in [0.2, 0.25) is 0 Å². The highest BCUT2D eigenvalue weighted by Crippen LogP contribution is 2.22. The summed E-state index contributed by atoms with van der Waals surface area (Å²) in [5, 5.41) is 7.42. The zero-order chi connectivity index (χ0) is 12.6. The van der Waals surface area contributed by atoms with Crippen molar-refractivity contribution in [3.8, 4) is 0 Å². The lowest BCUT2D eigenvalue weighted by Gasteiger charge is -2.40. The third-order valence-electron chi connectivity index (χ3n) is 2.99. The van der Waals surface area contributed by atoms with Crippen LogP contribution in [0.15, 0.2) is 0 Å². The van der Waals surface area contributed by atoms with E-state index in [4.69, 9.17) is 9.90 Å². The van der Waals surface area contributed by atoms with Crippen LogP contribution in [0, 0.1) is 5.92 Å². The Kier molecular flexibility index (Phi) is 8.63. The first-order valence-corrected chi connectivity index (χ1v) is 5.64. The van der Waals surface area contributed by atoms with Gasteiger partial charge in [0.05, 0.1) is 0 Å². The van der Waals surface area contributed by atoms with E-state index >= 15 is 0 Å². The molecule has 1 N–H and O–H groups in total. The van der Waals surface area contributed by atoms with Crippen molar-refractivity contribution in [2.24, 2.45) is 5.92 Å². The standard InChI is InChI=1S/C10H23N.C2H4O2/c1-7-11(8-2)10(5,6)9(3)4;1-2(3)4/h9H,7-8H2,1-6H3;1H3,(H,3,4). The van der Waals surface area contributed by atoms with E-state index < -0.39 is 5.97 Å². The molecule has 0 saturated heterocycles. The van der Waals surface area contributed by atoms with Crippen LogP contribution in [0.5, 0.6) is 0 Å². The molecule has 0 aromatic rings. The number of aliphatic carboxylic acids is 1. The molecule has 3 nitrogen and oxygen atoms in total. The van der Waals surface area contributed by atoms with E-state index in [0.29, 0.717) is 5.54 Å². The quantitative estimate of drug-likeness (QED) is 0.787. The first-order valence-electron chi connectivity index (χ1n) is 5.64. The first-order chi connectivity index (χ1) is 6.69. The smallest absolute Gasteiger partial charge is 0.300 e. The van der Waals surface area contributed by atoms with Gasteiger partial charge in [0.1, 0.15) is 0 Å². The maximum atomic E-state index is 9.00. The Labute approximate surface area is 94.5 Å². The van der Waals surface area contributed by atoms with Crippen molar-refractivity contribution < 1.29 is 9.90 Å². The van der Waals surface area contributed by atoms with Crippen molar-refractivity contribution in [3.63, 3.8) is 0 Å². The average Bonchev–Trinajstić information content (AvgIpc) is 2.04. The minimum absolute atomic E-state index is 0.351. The lowest BCUT2D eigenvalue weighted by molar-refractivity contribution is -0.134. The Balaban J connectivity index is 0. The third kappa shape index (κ3) is 7.37. The molecule has 0 aliphatic carbocycles. The molecule has 0 aliphatic rings. The molecule has 3 heteroatoms. The van der Waals surface area contributed by atoms with Crippen LogP contribution in [0.2, 0.25) is 0 Å². The Morgan fingerprint density at radius 1 is 1.27 bits per heavy atom. The average molecular weight is 217 g/mol. The van der Waals surface area contributed by atoms with Crippen molar-refractivity contribution in [2.75, 3.05) is 13.1 Å². The van der Waals surface area contributed by atoms with E-state index in [-0.39, 0.29) is 0 Å². The van der Waals surface area contributed by atoms with Gasteiger partial charge in [0.25, 0.3) is 5.97 Å². The number of carbonyl (C=O) groups is 1. The summed E-state index contributed by atoms with van der Waals surface area (Å²) in [7, 11) is 0. The summed E-state index contributed by atoms with van der Waals surface area (Å²) < 4.78 is 0. The first kappa shape index (κ1) is 16.8. The molecular weight excluding hydrogens is 190 g/mol. The van der Waals surface area contributed by atoms with Gasteiger partial charge in [-0.2, -0.15) is 0 Å². The predicted octanol–water partition coefficient (Wildman–Crippen LogP) is 2.85. The molecule has 0 amide bonds. The molecule has 0 aromatic carbocycles. The number of hydrogen-bond donors (Lipinski definition) is 1. The highest BCUT2D eigenvalue weighted by Gasteiger charge is 2.27. The van der Waals surface area contributed by atoms with Crippen LogP contribution in [-0.2, 0) is 4.79 Å². The van der Waals surface area contributed by atoms with Gasteiger partial charge in [-0.25, -0.2) is 0 Å². The summed E-state index contributed by atoms with van der Waals surface area (Å²) >= 11 is 0. The van der Waals surface area contributed by atoms with Crippen molar-refractivity contribution in [3.05, 3.63) is 0 Å². The minimum atomic E-state index is -0.833. The van der Waals surface area contributed by atoms with Gasteiger partial charge in [-0.3, -0.25) is 9.69 Å². The molecule has 0 bridgehead atoms. The van der Waals surface area contributed by atoms with Gasteiger partial charge in [-0.15, -0.1) is 0 Å². The van der Waals surface area contributed by atoms with Crippen LogP contribution in [0.3, 0.4) is 0 Å². The van der Waals surface area contributed by atoms with Crippen molar-refractivity contribution in [1.82, 2.24) is 4.90 Å². The molecule has 0 heterocycles. The van der Waals surface area contributed by atoms with Crippen LogP contribution >= 0.6 is 0 Å². The molecule has 0 rings (SSSR count). The molecule has 0 fully saturated rings. The van der Waals surface area contributed by atoms with Gasteiger partial charge in [-0.1, -0.05) is 27.7 Å². The summed E-state index contributed by atoms with van der Waals surface area (Å²) in [5.74, 6) is -0.109. The zero-order valence-electron chi connectivity index (χ0n) is 11.3. The summed E-state index contributed by atoms with van der Waals surface area (Å²) in [4.78, 5) is 11.5. The van der Waals surface area contributed by atoms with Crippen LogP contribution < -0.4 is 0 Å². The Morgan fingerprint density at radius 2 is 1.53 bits per heavy atom. The van der Waals surface area contributed by atoms with Crippen LogP contribution in [-0.4, -0.2) is 34.6 Å². The van der Waals surface area contributed by atoms with E-state index in [9.17, 15) is 0 Å². The molecule has 0 aromatic heterocycles. The van der Waals surface area contributed by atoms with Gasteiger partial charge in [0.15, 0.2) is 0 Å². The van der Waals surface area contributed by atoms with Gasteiger partial charge >= 0.3 is 0 Å².